The third-order valence-electron chi connectivity index (χ3n) is 2.75. The number of nitrogens with zero attached hydrogens (tertiary/aromatic N) is 3. The Labute approximate surface area is 118 Å². The van der Waals surface area contributed by atoms with E-state index in [1.54, 1.807) is 17.1 Å². The van der Waals surface area contributed by atoms with Gasteiger partial charge < -0.3 is 10.6 Å². The van der Waals surface area contributed by atoms with Gasteiger partial charge in [-0.3, -0.25) is 4.79 Å². The summed E-state index contributed by atoms with van der Waals surface area (Å²) in [5.41, 5.74) is 1.53. The second kappa shape index (κ2) is 6.81. The number of anilines is 1. The Morgan fingerprint density at radius 2 is 2.15 bits per heavy atom. The van der Waals surface area contributed by atoms with Gasteiger partial charge >= 0.3 is 0 Å². The van der Waals surface area contributed by atoms with Crippen LogP contribution in [0.4, 0.5) is 5.69 Å². The van der Waals surface area contributed by atoms with Crippen molar-refractivity contribution in [2.24, 2.45) is 0 Å². The van der Waals surface area contributed by atoms with Crippen molar-refractivity contribution in [2.75, 3.05) is 11.9 Å². The molecule has 6 heteroatoms. The number of benzene rings is 1. The Bertz CT molecular complexity index is 550. The van der Waals surface area contributed by atoms with E-state index < -0.39 is 0 Å². The fourth-order valence-corrected chi connectivity index (χ4v) is 1.80. The fourth-order valence-electron chi connectivity index (χ4n) is 1.80. The van der Waals surface area contributed by atoms with Crippen LogP contribution in [0, 0.1) is 0 Å². The Hall–Kier alpha value is -2.21. The molecule has 0 radical (unpaired) electrons. The molecular weight excluding hydrogens is 254 g/mol. The van der Waals surface area contributed by atoms with E-state index in [0.29, 0.717) is 19.0 Å². The molecule has 0 aliphatic rings. The first-order chi connectivity index (χ1) is 9.66. The third kappa shape index (κ3) is 3.89. The van der Waals surface area contributed by atoms with E-state index in [4.69, 9.17) is 0 Å². The van der Waals surface area contributed by atoms with E-state index >= 15 is 0 Å². The normalized spacial score (nSPS) is 10.8. The highest BCUT2D eigenvalue weighted by molar-refractivity contribution is 5.92. The average Bonchev–Trinajstić information content (AvgIpc) is 2.92. The highest BCUT2D eigenvalue weighted by Crippen LogP contribution is 2.18. The molecule has 0 aliphatic heterocycles. The lowest BCUT2D eigenvalue weighted by Crippen LogP contribution is -2.27. The third-order valence-corrected chi connectivity index (χ3v) is 2.75. The van der Waals surface area contributed by atoms with Gasteiger partial charge in [-0.05, 0) is 12.1 Å². The van der Waals surface area contributed by atoms with E-state index in [-0.39, 0.29) is 5.91 Å². The number of hydrogen-bond donors (Lipinski definition) is 2. The number of aromatic nitrogens is 3. The summed E-state index contributed by atoms with van der Waals surface area (Å²) in [6, 6.07) is 7.89. The monoisotopic (exact) mass is 273 g/mol. The van der Waals surface area contributed by atoms with Gasteiger partial charge in [-0.2, -0.15) is 0 Å². The molecule has 0 spiro atoms. The Morgan fingerprint density at radius 3 is 2.85 bits per heavy atom. The number of carbonyl (C=O) groups excluding carboxylic acids is 1. The maximum absolute atomic E-state index is 11.9. The van der Waals surface area contributed by atoms with Gasteiger partial charge in [0.1, 0.15) is 0 Å². The Kier molecular flexibility index (Phi) is 4.84. The minimum atomic E-state index is -0.0225. The summed E-state index contributed by atoms with van der Waals surface area (Å²) < 4.78 is 1.63. The van der Waals surface area contributed by atoms with Crippen LogP contribution in [0.1, 0.15) is 20.3 Å². The topological polar surface area (TPSA) is 71.8 Å². The summed E-state index contributed by atoms with van der Waals surface area (Å²) in [7, 11) is 0. The summed E-state index contributed by atoms with van der Waals surface area (Å²) >= 11 is 0. The molecule has 0 fully saturated rings. The second-order valence-electron chi connectivity index (χ2n) is 4.77. The van der Waals surface area contributed by atoms with Crippen molar-refractivity contribution < 1.29 is 4.79 Å². The molecule has 1 aromatic carbocycles. The zero-order valence-corrected chi connectivity index (χ0v) is 11.7. The summed E-state index contributed by atoms with van der Waals surface area (Å²) in [6.45, 7) is 4.77. The van der Waals surface area contributed by atoms with Crippen molar-refractivity contribution in [1.82, 2.24) is 20.3 Å². The highest BCUT2D eigenvalue weighted by atomic mass is 16.1. The van der Waals surface area contributed by atoms with Gasteiger partial charge in [0.05, 0.1) is 23.8 Å². The molecule has 20 heavy (non-hydrogen) atoms. The van der Waals surface area contributed by atoms with Gasteiger partial charge in [0.25, 0.3) is 0 Å². The molecule has 1 amide bonds. The van der Waals surface area contributed by atoms with Crippen LogP contribution in [0.25, 0.3) is 5.69 Å². The maximum Gasteiger partial charge on any atom is 0.225 e. The lowest BCUT2D eigenvalue weighted by molar-refractivity contribution is -0.116. The first-order valence-electron chi connectivity index (χ1n) is 6.66. The minimum absolute atomic E-state index is 0.0225. The van der Waals surface area contributed by atoms with Crippen LogP contribution in [0.2, 0.25) is 0 Å². The average molecular weight is 273 g/mol. The van der Waals surface area contributed by atoms with Crippen molar-refractivity contribution in [2.45, 2.75) is 26.3 Å². The van der Waals surface area contributed by atoms with Crippen molar-refractivity contribution in [3.63, 3.8) is 0 Å². The Balaban J connectivity index is 2.01. The molecule has 2 rings (SSSR count). The number of carbonyl (C=O) groups is 1. The van der Waals surface area contributed by atoms with Gasteiger partial charge in [0, 0.05) is 19.0 Å². The molecule has 0 saturated carbocycles. The van der Waals surface area contributed by atoms with Crippen LogP contribution in [0.15, 0.2) is 36.7 Å². The van der Waals surface area contributed by atoms with Gasteiger partial charge in [-0.1, -0.05) is 31.2 Å². The molecule has 2 aromatic rings. The molecular formula is C14H19N5O. The highest BCUT2D eigenvalue weighted by Gasteiger charge is 2.08. The van der Waals surface area contributed by atoms with Crippen LogP contribution in [-0.4, -0.2) is 33.5 Å². The van der Waals surface area contributed by atoms with Gasteiger partial charge in [0.2, 0.25) is 5.91 Å². The molecule has 1 heterocycles. The van der Waals surface area contributed by atoms with Crippen molar-refractivity contribution in [3.05, 3.63) is 36.7 Å². The SMILES string of the molecule is CC(C)NCCC(=O)Nc1ccccc1-n1ccnn1. The van der Waals surface area contributed by atoms with Crippen molar-refractivity contribution >= 4 is 11.6 Å². The van der Waals surface area contributed by atoms with Crippen LogP contribution in [-0.2, 0) is 4.79 Å². The molecule has 0 saturated heterocycles. The predicted octanol–water partition coefficient (Wildman–Crippen LogP) is 1.59. The maximum atomic E-state index is 11.9. The minimum Gasteiger partial charge on any atom is -0.324 e. The number of hydrogen-bond acceptors (Lipinski definition) is 4. The zero-order valence-electron chi connectivity index (χ0n) is 11.7. The van der Waals surface area contributed by atoms with E-state index in [0.717, 1.165) is 11.4 Å². The zero-order chi connectivity index (χ0) is 14.4. The number of nitrogens with one attached hydrogen (secondary N) is 2. The van der Waals surface area contributed by atoms with Crippen LogP contribution in [0.3, 0.4) is 0 Å². The second-order valence-corrected chi connectivity index (χ2v) is 4.77. The van der Waals surface area contributed by atoms with Crippen molar-refractivity contribution in [1.29, 1.82) is 0 Å². The van der Waals surface area contributed by atoms with Gasteiger partial charge in [-0.25, -0.2) is 4.68 Å². The van der Waals surface area contributed by atoms with E-state index in [1.807, 2.05) is 24.3 Å². The largest absolute Gasteiger partial charge is 0.324 e. The quantitative estimate of drug-likeness (QED) is 0.838. The van der Waals surface area contributed by atoms with Crippen LogP contribution < -0.4 is 10.6 Å². The summed E-state index contributed by atoms with van der Waals surface area (Å²) in [6.07, 6.45) is 3.78. The molecule has 0 aliphatic carbocycles. The predicted molar refractivity (Wildman–Crippen MR) is 77.7 cm³/mol. The number of para-hydroxylation sites is 2. The Morgan fingerprint density at radius 1 is 1.35 bits per heavy atom. The molecule has 0 unspecified atom stereocenters. The lowest BCUT2D eigenvalue weighted by atomic mass is 10.2. The molecule has 2 N–H and O–H groups in total. The molecule has 6 nitrogen and oxygen atoms in total. The van der Waals surface area contributed by atoms with Gasteiger partial charge in [0.15, 0.2) is 0 Å². The van der Waals surface area contributed by atoms with E-state index in [9.17, 15) is 4.79 Å². The first kappa shape index (κ1) is 14.2. The van der Waals surface area contributed by atoms with E-state index in [1.165, 1.54) is 0 Å². The van der Waals surface area contributed by atoms with E-state index in [2.05, 4.69) is 34.8 Å². The summed E-state index contributed by atoms with van der Waals surface area (Å²) in [5.74, 6) is -0.0225. The summed E-state index contributed by atoms with van der Waals surface area (Å²) in [4.78, 5) is 11.9. The smallest absolute Gasteiger partial charge is 0.225 e. The fraction of sp³-hybridized carbons (Fsp3) is 0.357. The van der Waals surface area contributed by atoms with Crippen LogP contribution in [0.5, 0.6) is 0 Å². The number of rotatable bonds is 6. The molecule has 0 atom stereocenters. The molecule has 106 valence electrons. The molecule has 0 bridgehead atoms. The molecule has 1 aromatic heterocycles. The van der Waals surface area contributed by atoms with Gasteiger partial charge in [-0.15, -0.1) is 5.10 Å². The lowest BCUT2D eigenvalue weighted by Gasteiger charge is -2.11. The number of amides is 1. The van der Waals surface area contributed by atoms with Crippen molar-refractivity contribution in [3.8, 4) is 5.69 Å². The summed E-state index contributed by atoms with van der Waals surface area (Å²) in [5, 5.41) is 13.8. The first-order valence-corrected chi connectivity index (χ1v) is 6.66. The standard InChI is InChI=1S/C14H19N5O/c1-11(2)15-8-7-14(20)17-12-5-3-4-6-13(12)19-10-9-16-18-19/h3-6,9-11,15H,7-8H2,1-2H3,(H,17,20). The van der Waals surface area contributed by atoms with Crippen LogP contribution >= 0.6 is 0 Å².